The van der Waals surface area contributed by atoms with Crippen molar-refractivity contribution in [1.29, 1.82) is 0 Å². The first kappa shape index (κ1) is 20.0. The van der Waals surface area contributed by atoms with Crippen molar-refractivity contribution in [2.75, 3.05) is 25.5 Å². The van der Waals surface area contributed by atoms with E-state index in [1.807, 2.05) is 36.4 Å². The van der Waals surface area contributed by atoms with Gasteiger partial charge >= 0.3 is 0 Å². The van der Waals surface area contributed by atoms with Crippen LogP contribution in [-0.4, -0.2) is 49.7 Å². The molecule has 0 unspecified atom stereocenters. The van der Waals surface area contributed by atoms with Crippen LogP contribution in [0.5, 0.6) is 0 Å². The number of amides is 1. The number of hydrogen-bond donors (Lipinski definition) is 1. The van der Waals surface area contributed by atoms with Crippen molar-refractivity contribution in [3.63, 3.8) is 0 Å². The number of benzene rings is 1. The summed E-state index contributed by atoms with van der Waals surface area (Å²) in [6.45, 7) is 3.72. The van der Waals surface area contributed by atoms with Crippen LogP contribution in [0.2, 0.25) is 0 Å². The highest BCUT2D eigenvalue weighted by Gasteiger charge is 2.27. The van der Waals surface area contributed by atoms with Gasteiger partial charge in [-0.3, -0.25) is 9.69 Å². The third kappa shape index (κ3) is 4.76. The maximum absolute atomic E-state index is 12.5. The molecule has 8 heteroatoms. The second-order valence-electron chi connectivity index (χ2n) is 6.80. The molecule has 0 radical (unpaired) electrons. The average Bonchev–Trinajstić information content (AvgIpc) is 3.35. The first-order chi connectivity index (χ1) is 12.9. The van der Waals surface area contributed by atoms with Crippen LogP contribution in [0.15, 0.2) is 46.7 Å². The van der Waals surface area contributed by atoms with Gasteiger partial charge in [-0.05, 0) is 62.5 Å². The maximum atomic E-state index is 12.5. The van der Waals surface area contributed by atoms with Gasteiger partial charge in [-0.25, -0.2) is 8.42 Å². The van der Waals surface area contributed by atoms with E-state index in [2.05, 4.69) is 5.32 Å². The van der Waals surface area contributed by atoms with Crippen LogP contribution in [0.25, 0.3) is 0 Å². The van der Waals surface area contributed by atoms with Gasteiger partial charge in [-0.15, -0.1) is 11.3 Å². The zero-order valence-corrected chi connectivity index (χ0v) is 17.2. The second-order valence-corrected chi connectivity index (χ2v) is 9.77. The Morgan fingerprint density at radius 3 is 2.48 bits per heavy atom. The van der Waals surface area contributed by atoms with E-state index in [0.717, 1.165) is 12.8 Å². The van der Waals surface area contributed by atoms with E-state index in [4.69, 9.17) is 0 Å². The minimum Gasteiger partial charge on any atom is -0.325 e. The third-order valence-corrected chi connectivity index (χ3v) is 7.62. The highest BCUT2D eigenvalue weighted by atomic mass is 32.2. The molecule has 1 aromatic heterocycles. The number of nitrogens with zero attached hydrogens (tertiary/aromatic N) is 2. The van der Waals surface area contributed by atoms with E-state index >= 15 is 0 Å². The monoisotopic (exact) mass is 407 g/mol. The summed E-state index contributed by atoms with van der Waals surface area (Å²) in [7, 11) is -1.52. The SMILES string of the molecule is C[C@@H](C(=O)Nc1ccc(S(=O)(=O)N2CCCC2)cc1)N(C)Cc1cccs1. The Morgan fingerprint density at radius 2 is 1.89 bits per heavy atom. The molecule has 0 aliphatic carbocycles. The van der Waals surface area contributed by atoms with E-state index in [1.54, 1.807) is 35.6 Å². The molecule has 3 rings (SSSR count). The second kappa shape index (κ2) is 8.52. The predicted octanol–water partition coefficient (Wildman–Crippen LogP) is 2.99. The summed E-state index contributed by atoms with van der Waals surface area (Å²) in [5.74, 6) is -0.121. The Balaban J connectivity index is 1.61. The molecular formula is C19H25N3O3S2. The van der Waals surface area contributed by atoms with Crippen LogP contribution in [0, 0.1) is 0 Å². The van der Waals surface area contributed by atoms with Gasteiger partial charge in [0, 0.05) is 30.2 Å². The van der Waals surface area contributed by atoms with Gasteiger partial charge in [0.2, 0.25) is 15.9 Å². The molecule has 1 atom stereocenters. The summed E-state index contributed by atoms with van der Waals surface area (Å²) < 4.78 is 26.6. The Labute approximate surface area is 164 Å². The topological polar surface area (TPSA) is 69.7 Å². The number of sulfonamides is 1. The normalized spacial score (nSPS) is 16.6. The first-order valence-corrected chi connectivity index (χ1v) is 11.3. The highest BCUT2D eigenvalue weighted by molar-refractivity contribution is 7.89. The molecule has 1 aromatic carbocycles. The zero-order valence-electron chi connectivity index (χ0n) is 15.6. The molecule has 6 nitrogen and oxygen atoms in total. The smallest absolute Gasteiger partial charge is 0.243 e. The molecule has 1 amide bonds. The van der Waals surface area contributed by atoms with Gasteiger partial charge in [-0.1, -0.05) is 6.07 Å². The summed E-state index contributed by atoms with van der Waals surface area (Å²) >= 11 is 1.66. The molecule has 1 aliphatic heterocycles. The summed E-state index contributed by atoms with van der Waals surface area (Å²) in [4.78, 5) is 15.9. The molecule has 2 heterocycles. The van der Waals surface area contributed by atoms with Crippen molar-refractivity contribution in [1.82, 2.24) is 9.21 Å². The van der Waals surface area contributed by atoms with Crippen molar-refractivity contribution < 1.29 is 13.2 Å². The maximum Gasteiger partial charge on any atom is 0.243 e. The molecular weight excluding hydrogens is 382 g/mol. The van der Waals surface area contributed by atoms with Crippen LogP contribution in [0.3, 0.4) is 0 Å². The van der Waals surface area contributed by atoms with Crippen molar-refractivity contribution in [2.24, 2.45) is 0 Å². The summed E-state index contributed by atoms with van der Waals surface area (Å²) in [6, 6.07) is 10.1. The number of hydrogen-bond acceptors (Lipinski definition) is 5. The van der Waals surface area contributed by atoms with Crippen molar-refractivity contribution in [3.8, 4) is 0 Å². The number of anilines is 1. The van der Waals surface area contributed by atoms with Crippen molar-refractivity contribution in [3.05, 3.63) is 46.7 Å². The average molecular weight is 408 g/mol. The lowest BCUT2D eigenvalue weighted by Crippen LogP contribution is -2.39. The number of nitrogens with one attached hydrogen (secondary N) is 1. The van der Waals surface area contributed by atoms with E-state index in [9.17, 15) is 13.2 Å². The Morgan fingerprint density at radius 1 is 1.22 bits per heavy atom. The van der Waals surface area contributed by atoms with Crippen LogP contribution >= 0.6 is 11.3 Å². The number of rotatable bonds is 7. The van der Waals surface area contributed by atoms with E-state index in [-0.39, 0.29) is 16.8 Å². The standard InChI is InChI=1S/C19H25N3O3S2/c1-15(21(2)14-17-6-5-13-26-17)19(23)20-16-7-9-18(10-8-16)27(24,25)22-11-3-4-12-22/h5-10,13,15H,3-4,11-12,14H2,1-2H3,(H,20,23)/t15-/m0/s1. The van der Waals surface area contributed by atoms with E-state index < -0.39 is 10.0 Å². The van der Waals surface area contributed by atoms with Crippen LogP contribution < -0.4 is 5.32 Å². The number of carbonyl (C=O) groups excluding carboxylic acids is 1. The molecule has 0 spiro atoms. The molecule has 2 aromatic rings. The third-order valence-electron chi connectivity index (χ3n) is 4.85. The molecule has 1 saturated heterocycles. The van der Waals surface area contributed by atoms with E-state index in [1.165, 1.54) is 9.18 Å². The van der Waals surface area contributed by atoms with Gasteiger partial charge in [-0.2, -0.15) is 4.31 Å². The molecule has 1 N–H and O–H groups in total. The van der Waals surface area contributed by atoms with Gasteiger partial charge in [0.05, 0.1) is 10.9 Å². The lowest BCUT2D eigenvalue weighted by atomic mass is 10.2. The predicted molar refractivity (Wildman–Crippen MR) is 108 cm³/mol. The zero-order chi connectivity index (χ0) is 19.4. The van der Waals surface area contributed by atoms with Crippen molar-refractivity contribution in [2.45, 2.75) is 37.2 Å². The quantitative estimate of drug-likeness (QED) is 0.766. The summed E-state index contributed by atoms with van der Waals surface area (Å²) in [5.41, 5.74) is 0.594. The lowest BCUT2D eigenvalue weighted by molar-refractivity contribution is -0.120. The lowest BCUT2D eigenvalue weighted by Gasteiger charge is -2.23. The highest BCUT2D eigenvalue weighted by Crippen LogP contribution is 2.22. The molecule has 0 saturated carbocycles. The van der Waals surface area contributed by atoms with E-state index in [0.29, 0.717) is 25.3 Å². The van der Waals surface area contributed by atoms with Gasteiger partial charge in [0.1, 0.15) is 0 Å². The van der Waals surface area contributed by atoms with Gasteiger partial charge in [0.15, 0.2) is 0 Å². The fourth-order valence-corrected chi connectivity index (χ4v) is 5.30. The fraction of sp³-hybridized carbons (Fsp3) is 0.421. The van der Waals surface area contributed by atoms with Gasteiger partial charge < -0.3 is 5.32 Å². The fourth-order valence-electron chi connectivity index (χ4n) is 3.02. The Bertz CT molecular complexity index is 858. The first-order valence-electron chi connectivity index (χ1n) is 9.01. The molecule has 1 fully saturated rings. The number of likely N-dealkylation sites (N-methyl/N-ethyl adjacent to an activating group) is 1. The molecule has 27 heavy (non-hydrogen) atoms. The van der Waals surface area contributed by atoms with Gasteiger partial charge in [0.25, 0.3) is 0 Å². The van der Waals surface area contributed by atoms with Crippen LogP contribution in [-0.2, 0) is 21.4 Å². The number of thiophene rings is 1. The molecule has 146 valence electrons. The largest absolute Gasteiger partial charge is 0.325 e. The Kier molecular flexibility index (Phi) is 6.31. The van der Waals surface area contributed by atoms with Crippen LogP contribution in [0.1, 0.15) is 24.6 Å². The number of carbonyl (C=O) groups is 1. The Hall–Kier alpha value is -1.74. The minimum absolute atomic E-state index is 0.121. The molecule has 1 aliphatic rings. The van der Waals surface area contributed by atoms with Crippen molar-refractivity contribution >= 4 is 33.0 Å². The minimum atomic E-state index is -3.43. The van der Waals surface area contributed by atoms with Crippen LogP contribution in [0.4, 0.5) is 5.69 Å². The molecule has 0 bridgehead atoms. The summed E-state index contributed by atoms with van der Waals surface area (Å²) in [6.07, 6.45) is 1.81. The summed E-state index contributed by atoms with van der Waals surface area (Å²) in [5, 5.41) is 4.88.